The molecule has 3 atom stereocenters. The van der Waals surface area contributed by atoms with Crippen molar-refractivity contribution >= 4 is 5.91 Å². The van der Waals surface area contributed by atoms with Crippen molar-refractivity contribution in [3.63, 3.8) is 0 Å². The summed E-state index contributed by atoms with van der Waals surface area (Å²) in [5, 5.41) is 8.30. The van der Waals surface area contributed by atoms with Crippen molar-refractivity contribution in [2.75, 3.05) is 26.7 Å². The van der Waals surface area contributed by atoms with Crippen LogP contribution in [0, 0.1) is 18.8 Å². The largest absolute Gasteiger partial charge is 0.355 e. The predicted molar refractivity (Wildman–Crippen MR) is 108 cm³/mol. The molecule has 150 valence electrons. The second-order valence-electron chi connectivity index (χ2n) is 8.27. The summed E-state index contributed by atoms with van der Waals surface area (Å²) in [6.07, 6.45) is 1.74. The van der Waals surface area contributed by atoms with Crippen molar-refractivity contribution in [3.8, 4) is 11.3 Å². The number of nitrogens with zero attached hydrogens (tertiary/aromatic N) is 5. The molecular weight excluding hydrogens is 366 g/mol. The Morgan fingerprint density at radius 2 is 1.93 bits per heavy atom. The Balaban J connectivity index is 1.35. The van der Waals surface area contributed by atoms with E-state index in [2.05, 4.69) is 46.5 Å². The molecule has 2 aliphatic rings. The summed E-state index contributed by atoms with van der Waals surface area (Å²) >= 11 is 0. The van der Waals surface area contributed by atoms with Gasteiger partial charge in [-0.1, -0.05) is 35.5 Å². The van der Waals surface area contributed by atoms with Crippen molar-refractivity contribution in [3.05, 3.63) is 59.5 Å². The highest BCUT2D eigenvalue weighted by Gasteiger charge is 2.47. The molecule has 0 aliphatic carbocycles. The van der Waals surface area contributed by atoms with Gasteiger partial charge in [0.15, 0.2) is 11.5 Å². The van der Waals surface area contributed by atoms with E-state index in [-0.39, 0.29) is 5.91 Å². The lowest BCUT2D eigenvalue weighted by atomic mass is 9.90. The molecule has 0 radical (unpaired) electrons. The number of fused-ring (bicyclic) bond motifs is 1. The van der Waals surface area contributed by atoms with Gasteiger partial charge in [0.2, 0.25) is 0 Å². The molecule has 7 nitrogen and oxygen atoms in total. The van der Waals surface area contributed by atoms with Crippen LogP contribution in [0.2, 0.25) is 0 Å². The molecule has 0 bridgehead atoms. The van der Waals surface area contributed by atoms with Crippen LogP contribution < -0.4 is 0 Å². The smallest absolute Gasteiger partial charge is 0.276 e. The van der Waals surface area contributed by atoms with Crippen molar-refractivity contribution in [1.29, 1.82) is 0 Å². The molecular formula is C22H25N5O2. The van der Waals surface area contributed by atoms with Crippen LogP contribution in [0.15, 0.2) is 47.1 Å². The van der Waals surface area contributed by atoms with E-state index in [4.69, 9.17) is 4.52 Å². The molecule has 2 aromatic heterocycles. The molecule has 5 rings (SSSR count). The molecule has 1 amide bonds. The van der Waals surface area contributed by atoms with E-state index >= 15 is 0 Å². The van der Waals surface area contributed by atoms with Gasteiger partial charge in [-0.3, -0.25) is 14.4 Å². The highest BCUT2D eigenvalue weighted by atomic mass is 16.5. The molecule has 29 heavy (non-hydrogen) atoms. The van der Waals surface area contributed by atoms with Crippen LogP contribution in [0.5, 0.6) is 0 Å². The number of rotatable bonds is 3. The maximum atomic E-state index is 13.1. The summed E-state index contributed by atoms with van der Waals surface area (Å²) < 4.78 is 7.25. The van der Waals surface area contributed by atoms with Crippen LogP contribution in [0.1, 0.15) is 27.8 Å². The van der Waals surface area contributed by atoms with E-state index in [1.807, 2.05) is 24.9 Å². The average molecular weight is 391 g/mol. The Morgan fingerprint density at radius 3 is 2.66 bits per heavy atom. The van der Waals surface area contributed by atoms with Gasteiger partial charge in [-0.15, -0.1) is 0 Å². The Hall–Kier alpha value is -2.93. The van der Waals surface area contributed by atoms with E-state index in [9.17, 15) is 4.79 Å². The van der Waals surface area contributed by atoms with Gasteiger partial charge in [0.25, 0.3) is 5.91 Å². The summed E-state index contributed by atoms with van der Waals surface area (Å²) in [4.78, 5) is 17.5. The molecule has 0 saturated carbocycles. The van der Waals surface area contributed by atoms with Gasteiger partial charge < -0.3 is 9.42 Å². The van der Waals surface area contributed by atoms with E-state index in [1.165, 1.54) is 5.56 Å². The Labute approximate surface area is 169 Å². The quantitative estimate of drug-likeness (QED) is 0.687. The van der Waals surface area contributed by atoms with E-state index in [0.717, 1.165) is 30.9 Å². The Kier molecular flexibility index (Phi) is 4.28. The van der Waals surface area contributed by atoms with Gasteiger partial charge in [-0.05, 0) is 25.5 Å². The number of carbonyl (C=O) groups excluding carboxylic acids is 1. The molecule has 2 aliphatic heterocycles. The van der Waals surface area contributed by atoms with Crippen LogP contribution in [0.25, 0.3) is 11.3 Å². The fourth-order valence-corrected chi connectivity index (χ4v) is 4.98. The Morgan fingerprint density at radius 1 is 1.14 bits per heavy atom. The molecule has 3 aromatic rings. The van der Waals surface area contributed by atoms with Gasteiger partial charge >= 0.3 is 0 Å². The first-order valence-electron chi connectivity index (χ1n) is 10.0. The lowest BCUT2D eigenvalue weighted by Gasteiger charge is -2.26. The first-order valence-corrected chi connectivity index (χ1v) is 10.0. The van der Waals surface area contributed by atoms with Crippen molar-refractivity contribution < 1.29 is 9.32 Å². The van der Waals surface area contributed by atoms with Crippen molar-refractivity contribution in [1.82, 2.24) is 24.7 Å². The summed E-state index contributed by atoms with van der Waals surface area (Å²) in [5.74, 6) is 1.46. The molecule has 0 N–H and O–H groups in total. The summed E-state index contributed by atoms with van der Waals surface area (Å²) in [7, 11) is 4.06. The van der Waals surface area contributed by atoms with Gasteiger partial charge in [0, 0.05) is 50.4 Å². The second-order valence-corrected chi connectivity index (χ2v) is 8.27. The highest BCUT2D eigenvalue weighted by molar-refractivity contribution is 5.93. The third kappa shape index (κ3) is 2.97. The van der Waals surface area contributed by atoms with Crippen LogP contribution in [-0.2, 0) is 7.05 Å². The molecule has 7 heteroatoms. The first-order chi connectivity index (χ1) is 14.0. The summed E-state index contributed by atoms with van der Waals surface area (Å²) in [6, 6.07) is 12.7. The fourth-order valence-electron chi connectivity index (χ4n) is 4.98. The SMILES string of the molecule is Cc1c(-c2cc(C(=O)N3C[C@@H]4CN(C)[C@@H](c5ccccc5)[C@@H]4C3)no2)cnn1C. The minimum atomic E-state index is -0.0505. The average Bonchev–Trinajstić information content (AvgIpc) is 3.47. The van der Waals surface area contributed by atoms with Crippen LogP contribution in [-0.4, -0.2) is 57.3 Å². The number of hydrogen-bond donors (Lipinski definition) is 0. The standard InChI is InChI=1S/C22H25N5O2/c1-14-17(10-23-26(14)3)20-9-19(24-29-20)22(28)27-12-16-11-25(2)21(18(16)13-27)15-7-5-4-6-8-15/h4-10,16,18,21H,11-13H2,1-3H3/t16-,18+,21-/m0/s1. The van der Waals surface area contributed by atoms with Crippen LogP contribution in [0.3, 0.4) is 0 Å². The van der Waals surface area contributed by atoms with Gasteiger partial charge in [-0.2, -0.15) is 5.10 Å². The van der Waals surface area contributed by atoms with E-state index in [0.29, 0.717) is 29.3 Å². The molecule has 2 saturated heterocycles. The number of carbonyl (C=O) groups is 1. The number of hydrogen-bond acceptors (Lipinski definition) is 5. The first kappa shape index (κ1) is 18.1. The van der Waals surface area contributed by atoms with Crippen molar-refractivity contribution in [2.24, 2.45) is 18.9 Å². The lowest BCUT2D eigenvalue weighted by Crippen LogP contribution is -2.33. The van der Waals surface area contributed by atoms with Gasteiger partial charge in [-0.25, -0.2) is 0 Å². The minimum absolute atomic E-state index is 0.0505. The molecule has 0 unspecified atom stereocenters. The number of likely N-dealkylation sites (tertiary alicyclic amines) is 2. The monoisotopic (exact) mass is 391 g/mol. The topological polar surface area (TPSA) is 67.4 Å². The summed E-state index contributed by atoms with van der Waals surface area (Å²) in [5.41, 5.74) is 3.54. The summed E-state index contributed by atoms with van der Waals surface area (Å²) in [6.45, 7) is 4.49. The Bertz CT molecular complexity index is 1040. The van der Waals surface area contributed by atoms with Gasteiger partial charge in [0.1, 0.15) is 0 Å². The van der Waals surface area contributed by atoms with Gasteiger partial charge in [0.05, 0.1) is 11.8 Å². The highest BCUT2D eigenvalue weighted by Crippen LogP contribution is 2.44. The zero-order valence-electron chi connectivity index (χ0n) is 16.9. The number of benzene rings is 1. The molecule has 1 aromatic carbocycles. The second kappa shape index (κ2) is 6.84. The lowest BCUT2D eigenvalue weighted by molar-refractivity contribution is 0.0757. The van der Waals surface area contributed by atoms with Crippen LogP contribution in [0.4, 0.5) is 0 Å². The maximum Gasteiger partial charge on any atom is 0.276 e. The molecule has 2 fully saturated rings. The van der Waals surface area contributed by atoms with E-state index in [1.54, 1.807) is 16.9 Å². The predicted octanol–water partition coefficient (Wildman–Crippen LogP) is 2.76. The van der Waals surface area contributed by atoms with Crippen molar-refractivity contribution in [2.45, 2.75) is 13.0 Å². The minimum Gasteiger partial charge on any atom is -0.355 e. The zero-order chi connectivity index (χ0) is 20.1. The van der Waals surface area contributed by atoms with E-state index < -0.39 is 0 Å². The normalized spacial score (nSPS) is 24.2. The molecule has 0 spiro atoms. The zero-order valence-corrected chi connectivity index (χ0v) is 16.9. The third-order valence-corrected chi connectivity index (χ3v) is 6.55. The third-order valence-electron chi connectivity index (χ3n) is 6.55. The number of aromatic nitrogens is 3. The fraction of sp³-hybridized carbons (Fsp3) is 0.409. The van der Waals surface area contributed by atoms with Crippen LogP contribution >= 0.6 is 0 Å². The number of aryl methyl sites for hydroxylation is 1. The number of amides is 1. The molecule has 4 heterocycles. The maximum absolute atomic E-state index is 13.1.